The third kappa shape index (κ3) is 3.00. The largest absolute Gasteiger partial charge is 0.369 e. The summed E-state index contributed by atoms with van der Waals surface area (Å²) < 4.78 is 13.9. The maximum atomic E-state index is 13.9. The number of carbonyl (C=O) groups is 1. The van der Waals surface area contributed by atoms with E-state index in [4.69, 9.17) is 10.7 Å². The van der Waals surface area contributed by atoms with Gasteiger partial charge in [0.25, 0.3) is 0 Å². The minimum atomic E-state index is -0.677. The molecule has 1 saturated carbocycles. The first-order valence-electron chi connectivity index (χ1n) is 9.31. The molecule has 28 heavy (non-hydrogen) atoms. The molecule has 0 spiro atoms. The van der Waals surface area contributed by atoms with Crippen molar-refractivity contribution >= 4 is 23.2 Å². The summed E-state index contributed by atoms with van der Waals surface area (Å²) in [4.78, 5) is 21.2. The van der Waals surface area contributed by atoms with Crippen molar-refractivity contribution in [1.82, 2.24) is 4.90 Å². The van der Waals surface area contributed by atoms with Crippen LogP contribution in [0.2, 0.25) is 0 Å². The second-order valence-electron chi connectivity index (χ2n) is 7.56. The van der Waals surface area contributed by atoms with Crippen LogP contribution in [0, 0.1) is 29.5 Å². The lowest BCUT2D eigenvalue weighted by atomic mass is 9.79. The number of benzene rings is 1. The van der Waals surface area contributed by atoms with Crippen LogP contribution < -0.4 is 5.73 Å². The van der Waals surface area contributed by atoms with Gasteiger partial charge in [-0.3, -0.25) is 9.69 Å². The molecule has 0 radical (unpaired) electrons. The SMILES string of the molecule is CC#Cc1cc(-c2ccc([C@@]3(C)N=C(N)N(C)C(=O)[C@H]3C3CC3)s2)ccc1F. The van der Waals surface area contributed by atoms with Crippen molar-refractivity contribution < 1.29 is 9.18 Å². The molecule has 2 atom stereocenters. The maximum absolute atomic E-state index is 13.9. The van der Waals surface area contributed by atoms with Crippen LogP contribution in [0.1, 0.15) is 37.1 Å². The van der Waals surface area contributed by atoms with Crippen LogP contribution in [0.15, 0.2) is 35.3 Å². The summed E-state index contributed by atoms with van der Waals surface area (Å²) in [5.74, 6) is 5.65. The molecule has 0 bridgehead atoms. The Morgan fingerprint density at radius 3 is 2.75 bits per heavy atom. The summed E-state index contributed by atoms with van der Waals surface area (Å²) >= 11 is 1.57. The van der Waals surface area contributed by atoms with Crippen LogP contribution in [0.3, 0.4) is 0 Å². The highest BCUT2D eigenvalue weighted by Gasteiger charge is 2.53. The van der Waals surface area contributed by atoms with E-state index in [0.29, 0.717) is 11.5 Å². The lowest BCUT2D eigenvalue weighted by molar-refractivity contribution is -0.134. The van der Waals surface area contributed by atoms with Crippen molar-refractivity contribution in [2.24, 2.45) is 22.6 Å². The van der Waals surface area contributed by atoms with Crippen molar-refractivity contribution in [1.29, 1.82) is 0 Å². The van der Waals surface area contributed by atoms with Crippen LogP contribution in [0.25, 0.3) is 10.4 Å². The quantitative estimate of drug-likeness (QED) is 0.800. The molecule has 1 fully saturated rings. The molecule has 1 aromatic heterocycles. The van der Waals surface area contributed by atoms with Gasteiger partial charge in [0, 0.05) is 16.8 Å². The zero-order chi connectivity index (χ0) is 20.1. The van der Waals surface area contributed by atoms with Gasteiger partial charge in [-0.15, -0.1) is 17.3 Å². The van der Waals surface area contributed by atoms with Crippen molar-refractivity contribution in [2.45, 2.75) is 32.2 Å². The first kappa shape index (κ1) is 18.7. The Kier molecular flexibility index (Phi) is 4.51. The van der Waals surface area contributed by atoms with E-state index in [0.717, 1.165) is 28.2 Å². The first-order chi connectivity index (χ1) is 13.3. The summed E-state index contributed by atoms with van der Waals surface area (Å²) in [7, 11) is 1.69. The minimum absolute atomic E-state index is 0.0368. The van der Waals surface area contributed by atoms with Gasteiger partial charge < -0.3 is 5.73 Å². The summed E-state index contributed by atoms with van der Waals surface area (Å²) in [5, 5.41) is 0. The molecule has 2 heterocycles. The van der Waals surface area contributed by atoms with Gasteiger partial charge in [-0.05, 0) is 62.4 Å². The van der Waals surface area contributed by atoms with Crippen LogP contribution in [-0.2, 0) is 10.3 Å². The number of hydrogen-bond donors (Lipinski definition) is 1. The average Bonchev–Trinajstić information content (AvgIpc) is 3.35. The normalized spacial score (nSPS) is 24.6. The van der Waals surface area contributed by atoms with Crippen LogP contribution in [0.5, 0.6) is 0 Å². The predicted molar refractivity (Wildman–Crippen MR) is 110 cm³/mol. The number of amides is 1. The van der Waals surface area contributed by atoms with Crippen molar-refractivity contribution in [3.05, 3.63) is 46.6 Å². The van der Waals surface area contributed by atoms with Crippen LogP contribution >= 0.6 is 11.3 Å². The van der Waals surface area contributed by atoms with Gasteiger partial charge in [-0.25, -0.2) is 9.38 Å². The molecule has 4 nitrogen and oxygen atoms in total. The van der Waals surface area contributed by atoms with Gasteiger partial charge in [-0.2, -0.15) is 0 Å². The number of nitrogens with two attached hydrogens (primary N) is 1. The van der Waals surface area contributed by atoms with Crippen LogP contribution in [0.4, 0.5) is 4.39 Å². The van der Waals surface area contributed by atoms with E-state index in [9.17, 15) is 9.18 Å². The Labute approximate surface area is 168 Å². The fourth-order valence-corrected chi connectivity index (χ4v) is 5.05. The molecular formula is C22H22FN3OS. The molecule has 1 amide bonds. The second-order valence-corrected chi connectivity index (χ2v) is 8.65. The van der Waals surface area contributed by atoms with Gasteiger partial charge in [0.05, 0.1) is 11.5 Å². The topological polar surface area (TPSA) is 58.7 Å². The molecule has 144 valence electrons. The van der Waals surface area contributed by atoms with Crippen molar-refractivity contribution in [3.8, 4) is 22.3 Å². The van der Waals surface area contributed by atoms with Gasteiger partial charge >= 0.3 is 0 Å². The molecule has 2 aromatic rings. The zero-order valence-corrected chi connectivity index (χ0v) is 16.9. The Hall–Kier alpha value is -2.65. The number of aliphatic imine (C=N–C) groups is 1. The fraction of sp³-hybridized carbons (Fsp3) is 0.364. The Morgan fingerprint density at radius 2 is 2.07 bits per heavy atom. The summed E-state index contributed by atoms with van der Waals surface area (Å²) in [6, 6.07) is 8.97. The summed E-state index contributed by atoms with van der Waals surface area (Å²) in [6.45, 7) is 3.69. The number of nitrogens with zero attached hydrogens (tertiary/aromatic N) is 2. The van der Waals surface area contributed by atoms with Gasteiger partial charge in [0.1, 0.15) is 11.4 Å². The molecule has 2 aliphatic rings. The van der Waals surface area contributed by atoms with Crippen LogP contribution in [-0.4, -0.2) is 23.8 Å². The van der Waals surface area contributed by atoms with Gasteiger partial charge in [0.15, 0.2) is 5.96 Å². The molecule has 1 aliphatic heterocycles. The van der Waals surface area contributed by atoms with E-state index in [-0.39, 0.29) is 23.6 Å². The minimum Gasteiger partial charge on any atom is -0.369 e. The smallest absolute Gasteiger partial charge is 0.235 e. The van der Waals surface area contributed by atoms with E-state index in [2.05, 4.69) is 11.8 Å². The number of halogens is 1. The molecule has 0 unspecified atom stereocenters. The molecule has 1 aromatic carbocycles. The highest BCUT2D eigenvalue weighted by Crippen LogP contribution is 2.52. The van der Waals surface area contributed by atoms with E-state index in [1.54, 1.807) is 37.4 Å². The highest BCUT2D eigenvalue weighted by molar-refractivity contribution is 7.15. The molecule has 1 aliphatic carbocycles. The number of guanidine groups is 1. The highest BCUT2D eigenvalue weighted by atomic mass is 32.1. The van der Waals surface area contributed by atoms with Crippen molar-refractivity contribution in [3.63, 3.8) is 0 Å². The number of carbonyl (C=O) groups excluding carboxylic acids is 1. The Morgan fingerprint density at radius 1 is 1.32 bits per heavy atom. The number of hydrogen-bond acceptors (Lipinski definition) is 4. The molecule has 2 N–H and O–H groups in total. The molecule has 0 saturated heterocycles. The Bertz CT molecular complexity index is 1040. The predicted octanol–water partition coefficient (Wildman–Crippen LogP) is 3.95. The maximum Gasteiger partial charge on any atom is 0.235 e. The summed E-state index contributed by atoms with van der Waals surface area (Å²) in [6.07, 6.45) is 2.09. The monoisotopic (exact) mass is 395 g/mol. The number of rotatable bonds is 3. The number of thiophene rings is 1. The average molecular weight is 396 g/mol. The summed E-state index contributed by atoms with van der Waals surface area (Å²) in [5.41, 5.74) is 6.66. The molecule has 6 heteroatoms. The van der Waals surface area contributed by atoms with E-state index in [1.807, 2.05) is 19.1 Å². The first-order valence-corrected chi connectivity index (χ1v) is 10.1. The third-order valence-electron chi connectivity index (χ3n) is 5.60. The Balaban J connectivity index is 1.76. The standard InChI is InChI=1S/C22H22FN3OS/c1-4-5-14-12-15(8-9-16(14)23)17-10-11-18(28-17)22(2)19(13-6-7-13)20(27)26(3)21(24)25-22/h8-13,19H,6-7H2,1-3H3,(H2,24,25)/t19-,22-/m1/s1. The second kappa shape index (κ2) is 6.75. The lowest BCUT2D eigenvalue weighted by Gasteiger charge is -2.40. The van der Waals surface area contributed by atoms with E-state index in [1.165, 1.54) is 11.0 Å². The zero-order valence-electron chi connectivity index (χ0n) is 16.1. The van der Waals surface area contributed by atoms with Crippen molar-refractivity contribution in [2.75, 3.05) is 7.05 Å². The van der Waals surface area contributed by atoms with Gasteiger partial charge in [-0.1, -0.05) is 12.0 Å². The van der Waals surface area contributed by atoms with E-state index >= 15 is 0 Å². The molecular weight excluding hydrogens is 373 g/mol. The third-order valence-corrected chi connectivity index (χ3v) is 6.96. The molecule has 4 rings (SSSR count). The lowest BCUT2D eigenvalue weighted by Crippen LogP contribution is -2.54. The van der Waals surface area contributed by atoms with E-state index < -0.39 is 5.54 Å². The fourth-order valence-electron chi connectivity index (χ4n) is 3.92. The van der Waals surface area contributed by atoms with Gasteiger partial charge in [0.2, 0.25) is 5.91 Å².